The molecule has 2 heterocycles. The lowest BCUT2D eigenvalue weighted by Crippen LogP contribution is -2.35. The highest BCUT2D eigenvalue weighted by Crippen LogP contribution is 2.35. The Hall–Kier alpha value is -2.22. The van der Waals surface area contributed by atoms with E-state index >= 15 is 0 Å². The molecule has 2 aromatic carbocycles. The van der Waals surface area contributed by atoms with Gasteiger partial charge in [0.2, 0.25) is 10.0 Å². The topological polar surface area (TPSA) is 59.5 Å². The summed E-state index contributed by atoms with van der Waals surface area (Å²) in [5.74, 6) is 1.38. The van der Waals surface area contributed by atoms with Crippen molar-refractivity contribution in [3.8, 4) is 16.3 Å². The fraction of sp³-hybridized carbons (Fsp3) is 0.400. The number of benzene rings is 2. The number of thiazole rings is 1. The third-order valence-electron chi connectivity index (χ3n) is 6.63. The summed E-state index contributed by atoms with van der Waals surface area (Å²) in [7, 11) is -1.87. The first-order chi connectivity index (χ1) is 15.5. The van der Waals surface area contributed by atoms with Crippen LogP contribution in [0.5, 0.6) is 5.75 Å². The molecule has 2 aliphatic rings. The van der Waals surface area contributed by atoms with Crippen molar-refractivity contribution in [2.75, 3.05) is 13.7 Å². The molecule has 0 atom stereocenters. The van der Waals surface area contributed by atoms with Crippen LogP contribution in [0.3, 0.4) is 0 Å². The maximum absolute atomic E-state index is 13.3. The number of rotatable bonds is 5. The predicted molar refractivity (Wildman–Crippen MR) is 128 cm³/mol. The average Bonchev–Trinajstić information content (AvgIpc) is 3.28. The van der Waals surface area contributed by atoms with Crippen molar-refractivity contribution in [1.82, 2.24) is 9.29 Å². The van der Waals surface area contributed by atoms with Crippen LogP contribution in [0.15, 0.2) is 53.4 Å². The van der Waals surface area contributed by atoms with Crippen LogP contribution in [-0.2, 0) is 23.0 Å². The fourth-order valence-corrected chi connectivity index (χ4v) is 7.35. The first kappa shape index (κ1) is 21.6. The van der Waals surface area contributed by atoms with Gasteiger partial charge in [0.05, 0.1) is 24.2 Å². The van der Waals surface area contributed by atoms with Crippen LogP contribution < -0.4 is 4.74 Å². The highest BCUT2D eigenvalue weighted by atomic mass is 32.2. The Labute approximate surface area is 194 Å². The van der Waals surface area contributed by atoms with Gasteiger partial charge in [0.15, 0.2) is 0 Å². The Kier molecular flexibility index (Phi) is 6.05. The molecule has 0 amide bonds. The minimum absolute atomic E-state index is 0.385. The molecule has 1 saturated carbocycles. The molecule has 32 heavy (non-hydrogen) atoms. The van der Waals surface area contributed by atoms with Crippen molar-refractivity contribution in [1.29, 1.82) is 0 Å². The summed E-state index contributed by atoms with van der Waals surface area (Å²) in [4.78, 5) is 6.21. The van der Waals surface area contributed by atoms with Gasteiger partial charge in [0.25, 0.3) is 0 Å². The summed E-state index contributed by atoms with van der Waals surface area (Å²) in [6.07, 6.45) is 6.92. The lowest BCUT2D eigenvalue weighted by Gasteiger charge is -2.26. The molecule has 0 spiro atoms. The summed E-state index contributed by atoms with van der Waals surface area (Å²) >= 11 is 1.58. The highest BCUT2D eigenvalue weighted by molar-refractivity contribution is 7.89. The smallest absolute Gasteiger partial charge is 0.243 e. The maximum atomic E-state index is 13.3. The van der Waals surface area contributed by atoms with Crippen molar-refractivity contribution in [3.63, 3.8) is 0 Å². The van der Waals surface area contributed by atoms with E-state index in [-0.39, 0.29) is 0 Å². The summed E-state index contributed by atoms with van der Waals surface area (Å²) in [5.41, 5.74) is 3.31. The first-order valence-electron chi connectivity index (χ1n) is 11.3. The molecule has 0 N–H and O–H groups in total. The van der Waals surface area contributed by atoms with Gasteiger partial charge in [-0.3, -0.25) is 0 Å². The number of methoxy groups -OCH3 is 1. The number of fused-ring (bicyclic) bond motifs is 1. The number of hydrogen-bond donors (Lipinski definition) is 0. The lowest BCUT2D eigenvalue weighted by atomic mass is 9.84. The second kappa shape index (κ2) is 8.96. The Morgan fingerprint density at radius 2 is 1.72 bits per heavy atom. The molecular weight excluding hydrogens is 440 g/mol. The van der Waals surface area contributed by atoms with Gasteiger partial charge in [-0.15, -0.1) is 11.3 Å². The third kappa shape index (κ3) is 4.21. The molecule has 1 aliphatic heterocycles. The number of ether oxygens (including phenoxy) is 1. The Morgan fingerprint density at radius 3 is 2.41 bits per heavy atom. The molecular formula is C25H28N2O3S2. The quantitative estimate of drug-likeness (QED) is 0.488. The molecule has 3 aromatic rings. The molecule has 0 radical (unpaired) electrons. The van der Waals surface area contributed by atoms with Gasteiger partial charge in [-0.2, -0.15) is 4.31 Å². The van der Waals surface area contributed by atoms with E-state index in [0.717, 1.165) is 26.9 Å². The zero-order valence-electron chi connectivity index (χ0n) is 18.3. The van der Waals surface area contributed by atoms with E-state index in [4.69, 9.17) is 9.72 Å². The van der Waals surface area contributed by atoms with E-state index in [2.05, 4.69) is 0 Å². The Morgan fingerprint density at radius 1 is 1.00 bits per heavy atom. The van der Waals surface area contributed by atoms with Crippen LogP contribution in [0.25, 0.3) is 10.6 Å². The van der Waals surface area contributed by atoms with Crippen LogP contribution in [0, 0.1) is 0 Å². The van der Waals surface area contributed by atoms with Gasteiger partial charge < -0.3 is 4.74 Å². The van der Waals surface area contributed by atoms with Gasteiger partial charge in [-0.25, -0.2) is 13.4 Å². The van der Waals surface area contributed by atoms with Crippen LogP contribution in [-0.4, -0.2) is 31.4 Å². The first-order valence-corrected chi connectivity index (χ1v) is 13.5. The second-order valence-electron chi connectivity index (χ2n) is 8.61. The molecule has 7 heteroatoms. The summed E-state index contributed by atoms with van der Waals surface area (Å²) in [5, 5.41) is 0.925. The van der Waals surface area contributed by atoms with Gasteiger partial charge in [0, 0.05) is 23.4 Å². The maximum Gasteiger partial charge on any atom is 0.243 e. The van der Waals surface area contributed by atoms with E-state index in [1.165, 1.54) is 37.7 Å². The van der Waals surface area contributed by atoms with Crippen LogP contribution >= 0.6 is 11.3 Å². The van der Waals surface area contributed by atoms with Crippen molar-refractivity contribution >= 4 is 21.4 Å². The molecule has 1 fully saturated rings. The second-order valence-corrected chi connectivity index (χ2v) is 11.6. The molecule has 5 nitrogen and oxygen atoms in total. The van der Waals surface area contributed by atoms with Gasteiger partial charge >= 0.3 is 0 Å². The molecule has 5 rings (SSSR count). The molecule has 1 aliphatic carbocycles. The van der Waals surface area contributed by atoms with E-state index in [1.807, 2.05) is 36.4 Å². The van der Waals surface area contributed by atoms with Crippen molar-refractivity contribution in [3.05, 3.63) is 64.7 Å². The Balaban J connectivity index is 1.33. The highest BCUT2D eigenvalue weighted by Gasteiger charge is 2.30. The molecule has 168 valence electrons. The standard InChI is InChI=1S/C25H28N2O3S2/c1-30-21-11-7-20(8-12-21)25-26-23-15-16-27(17-24(23)31-25)32(28,29)22-13-9-19(10-14-22)18-5-3-2-4-6-18/h7-14,18H,2-6,15-17H2,1H3. The zero-order valence-corrected chi connectivity index (χ0v) is 19.9. The van der Waals surface area contributed by atoms with E-state index in [0.29, 0.717) is 30.3 Å². The number of sulfonamides is 1. The van der Waals surface area contributed by atoms with Crippen molar-refractivity contribution in [2.24, 2.45) is 0 Å². The number of hydrogen-bond acceptors (Lipinski definition) is 5. The van der Waals surface area contributed by atoms with E-state index in [9.17, 15) is 8.42 Å². The van der Waals surface area contributed by atoms with Crippen LogP contribution in [0.2, 0.25) is 0 Å². The minimum atomic E-state index is -3.52. The van der Waals surface area contributed by atoms with Gasteiger partial charge in [-0.1, -0.05) is 31.4 Å². The van der Waals surface area contributed by atoms with E-state index in [1.54, 1.807) is 34.9 Å². The van der Waals surface area contributed by atoms with Gasteiger partial charge in [0.1, 0.15) is 10.8 Å². The normalized spacial score (nSPS) is 17.8. The predicted octanol–water partition coefficient (Wildman–Crippen LogP) is 5.61. The van der Waals surface area contributed by atoms with Crippen molar-refractivity contribution in [2.45, 2.75) is 55.9 Å². The third-order valence-corrected chi connectivity index (χ3v) is 9.62. The van der Waals surface area contributed by atoms with Crippen molar-refractivity contribution < 1.29 is 13.2 Å². The average molecular weight is 469 g/mol. The summed E-state index contributed by atoms with van der Waals surface area (Å²) in [6, 6.07) is 15.5. The molecule has 0 saturated heterocycles. The lowest BCUT2D eigenvalue weighted by molar-refractivity contribution is 0.393. The fourth-order valence-electron chi connectivity index (χ4n) is 4.73. The SMILES string of the molecule is COc1ccc(-c2nc3c(s2)CN(S(=O)(=O)c2ccc(C4CCCCC4)cc2)CC3)cc1. The number of aromatic nitrogens is 1. The summed E-state index contributed by atoms with van der Waals surface area (Å²) < 4.78 is 33.5. The molecule has 0 unspecified atom stereocenters. The van der Waals surface area contributed by atoms with E-state index < -0.39 is 10.0 Å². The monoisotopic (exact) mass is 468 g/mol. The summed E-state index contributed by atoms with van der Waals surface area (Å²) in [6.45, 7) is 0.849. The minimum Gasteiger partial charge on any atom is -0.497 e. The molecule has 1 aromatic heterocycles. The number of nitrogens with zero attached hydrogens (tertiary/aromatic N) is 2. The van der Waals surface area contributed by atoms with Gasteiger partial charge in [-0.05, 0) is 60.7 Å². The largest absolute Gasteiger partial charge is 0.497 e. The Bertz CT molecular complexity index is 1180. The van der Waals surface area contributed by atoms with Crippen LogP contribution in [0.4, 0.5) is 0 Å². The zero-order chi connectivity index (χ0) is 22.1. The molecule has 0 bridgehead atoms. The van der Waals surface area contributed by atoms with Crippen LogP contribution in [0.1, 0.15) is 54.2 Å².